The lowest BCUT2D eigenvalue weighted by Gasteiger charge is -2.07. The van der Waals surface area contributed by atoms with Gasteiger partial charge >= 0.3 is 0 Å². The van der Waals surface area contributed by atoms with Crippen molar-refractivity contribution in [3.05, 3.63) is 28.2 Å². The molecule has 1 aromatic carbocycles. The van der Waals surface area contributed by atoms with Crippen LogP contribution in [0.2, 0.25) is 10.0 Å². The van der Waals surface area contributed by atoms with Gasteiger partial charge in [-0.25, -0.2) is 0 Å². The van der Waals surface area contributed by atoms with Crippen molar-refractivity contribution in [1.29, 1.82) is 0 Å². The summed E-state index contributed by atoms with van der Waals surface area (Å²) in [6.07, 6.45) is 0. The number of hydrogen-bond donors (Lipinski definition) is 1. The molecule has 0 radical (unpaired) electrons. The summed E-state index contributed by atoms with van der Waals surface area (Å²) in [7, 11) is 1.98. The minimum absolute atomic E-state index is 0. The van der Waals surface area contributed by atoms with Crippen LogP contribution in [0.5, 0.6) is 5.75 Å². The molecule has 0 saturated carbocycles. The number of rotatable bonds is 4. The maximum absolute atomic E-state index is 5.89. The standard InChI is InChI=1S/C9H11Cl2NO.ClH/c1-12-5-6-13-9-7(10)3-2-4-8(9)11;/h2-4,12H,5-6H2,1H3;1H. The van der Waals surface area contributed by atoms with E-state index in [0.717, 1.165) is 6.54 Å². The van der Waals surface area contributed by atoms with Gasteiger partial charge in [0.25, 0.3) is 0 Å². The zero-order chi connectivity index (χ0) is 9.68. The lowest BCUT2D eigenvalue weighted by Crippen LogP contribution is -3.00. The molecule has 80 valence electrons. The van der Waals surface area contributed by atoms with Crippen molar-refractivity contribution in [2.24, 2.45) is 0 Å². The van der Waals surface area contributed by atoms with Gasteiger partial charge in [-0.1, -0.05) is 29.3 Å². The maximum Gasteiger partial charge on any atom is 0.156 e. The van der Waals surface area contributed by atoms with E-state index >= 15 is 0 Å². The van der Waals surface area contributed by atoms with Gasteiger partial charge in [-0.3, -0.25) is 0 Å². The molecular formula is C9H12Cl3NO. The van der Waals surface area contributed by atoms with Crippen molar-refractivity contribution in [2.45, 2.75) is 0 Å². The topological polar surface area (TPSA) is 25.8 Å². The van der Waals surface area contributed by atoms with Crippen molar-refractivity contribution in [3.63, 3.8) is 0 Å². The van der Waals surface area contributed by atoms with Crippen molar-refractivity contribution in [1.82, 2.24) is 0 Å². The molecular weight excluding hydrogens is 244 g/mol. The second-order valence-corrected chi connectivity index (χ2v) is 3.41. The Morgan fingerprint density at radius 3 is 2.36 bits per heavy atom. The summed E-state index contributed by atoms with van der Waals surface area (Å²) in [6, 6.07) is 5.32. The first-order valence-corrected chi connectivity index (χ1v) is 4.86. The summed E-state index contributed by atoms with van der Waals surface area (Å²) in [5, 5.41) is 3.15. The molecule has 2 nitrogen and oxygen atoms in total. The third kappa shape index (κ3) is 3.93. The summed E-state index contributed by atoms with van der Waals surface area (Å²) in [5.74, 6) is 0.577. The van der Waals surface area contributed by atoms with E-state index in [0.29, 0.717) is 22.4 Å². The molecule has 0 unspecified atom stereocenters. The SMILES string of the molecule is C[NH2+]CCOc1c(Cl)cccc1Cl.[Cl-]. The number of benzene rings is 1. The predicted molar refractivity (Wildman–Crippen MR) is 54.7 cm³/mol. The van der Waals surface area contributed by atoms with Gasteiger partial charge in [0.1, 0.15) is 13.2 Å². The number of nitrogens with two attached hydrogens (primary N) is 1. The highest BCUT2D eigenvalue weighted by molar-refractivity contribution is 6.37. The van der Waals surface area contributed by atoms with E-state index in [1.54, 1.807) is 18.2 Å². The molecule has 5 heteroatoms. The lowest BCUT2D eigenvalue weighted by molar-refractivity contribution is -0.627. The van der Waals surface area contributed by atoms with Gasteiger partial charge in [0.05, 0.1) is 17.1 Å². The summed E-state index contributed by atoms with van der Waals surface area (Å²) >= 11 is 11.8. The first-order chi connectivity index (χ1) is 6.25. The van der Waals surface area contributed by atoms with Gasteiger partial charge in [0.2, 0.25) is 0 Å². The molecule has 0 saturated heterocycles. The molecule has 0 bridgehead atoms. The molecule has 0 aliphatic carbocycles. The maximum atomic E-state index is 5.89. The van der Waals surface area contributed by atoms with Crippen LogP contribution < -0.4 is 22.5 Å². The lowest BCUT2D eigenvalue weighted by atomic mass is 10.3. The van der Waals surface area contributed by atoms with E-state index in [1.165, 1.54) is 0 Å². The molecule has 0 aromatic heterocycles. The highest BCUT2D eigenvalue weighted by Gasteiger charge is 2.05. The number of halogens is 3. The fraction of sp³-hybridized carbons (Fsp3) is 0.333. The molecule has 2 N–H and O–H groups in total. The van der Waals surface area contributed by atoms with E-state index in [1.807, 2.05) is 12.4 Å². The van der Waals surface area contributed by atoms with E-state index < -0.39 is 0 Å². The minimum Gasteiger partial charge on any atom is -1.00 e. The van der Waals surface area contributed by atoms with Gasteiger partial charge in [-0.2, -0.15) is 0 Å². The Morgan fingerprint density at radius 1 is 1.29 bits per heavy atom. The Morgan fingerprint density at radius 2 is 1.86 bits per heavy atom. The van der Waals surface area contributed by atoms with E-state index in [-0.39, 0.29) is 12.4 Å². The molecule has 1 rings (SSSR count). The highest BCUT2D eigenvalue weighted by atomic mass is 35.5. The first kappa shape index (κ1) is 13.8. The van der Waals surface area contributed by atoms with Gasteiger partial charge in [-0.15, -0.1) is 0 Å². The number of ether oxygens (including phenoxy) is 1. The zero-order valence-corrected chi connectivity index (χ0v) is 10.0. The monoisotopic (exact) mass is 255 g/mol. The summed E-state index contributed by atoms with van der Waals surface area (Å²) in [6.45, 7) is 1.50. The molecule has 0 heterocycles. The van der Waals surface area contributed by atoms with Crippen LogP contribution in [-0.4, -0.2) is 20.2 Å². The van der Waals surface area contributed by atoms with Crippen LogP contribution in [0.3, 0.4) is 0 Å². The summed E-state index contributed by atoms with van der Waals surface area (Å²) < 4.78 is 5.41. The van der Waals surface area contributed by atoms with Crippen molar-refractivity contribution < 1.29 is 22.5 Å². The molecule has 0 aliphatic rings. The predicted octanol–water partition coefficient (Wildman–Crippen LogP) is -1.43. The molecule has 0 atom stereocenters. The van der Waals surface area contributed by atoms with Crippen LogP contribution in [0.4, 0.5) is 0 Å². The molecule has 0 aliphatic heterocycles. The molecule has 0 fully saturated rings. The van der Waals surface area contributed by atoms with Gasteiger partial charge in [-0.05, 0) is 12.1 Å². The minimum atomic E-state index is 0. The molecule has 0 amide bonds. The van der Waals surface area contributed by atoms with Crippen molar-refractivity contribution >= 4 is 23.2 Å². The van der Waals surface area contributed by atoms with Crippen LogP contribution in [0, 0.1) is 0 Å². The van der Waals surface area contributed by atoms with Gasteiger partial charge in [0.15, 0.2) is 5.75 Å². The fourth-order valence-corrected chi connectivity index (χ4v) is 1.41. The van der Waals surface area contributed by atoms with E-state index in [2.05, 4.69) is 0 Å². The number of hydrogen-bond acceptors (Lipinski definition) is 1. The normalized spacial score (nSPS) is 9.36. The second-order valence-electron chi connectivity index (χ2n) is 2.60. The third-order valence-corrected chi connectivity index (χ3v) is 2.17. The van der Waals surface area contributed by atoms with Crippen LogP contribution >= 0.6 is 23.2 Å². The number of likely N-dealkylation sites (N-methyl/N-ethyl adjacent to an activating group) is 1. The largest absolute Gasteiger partial charge is 1.00 e. The summed E-state index contributed by atoms with van der Waals surface area (Å²) in [4.78, 5) is 0. The average Bonchev–Trinajstić information content (AvgIpc) is 2.10. The Labute approximate surface area is 99.9 Å². The Kier molecular flexibility index (Phi) is 7.11. The Hall–Kier alpha value is -0.150. The number of quaternary nitrogens is 1. The zero-order valence-electron chi connectivity index (χ0n) is 7.77. The first-order valence-electron chi connectivity index (χ1n) is 4.10. The Bertz CT molecular complexity index is 261. The van der Waals surface area contributed by atoms with Gasteiger partial charge in [0, 0.05) is 0 Å². The fourth-order valence-electron chi connectivity index (χ4n) is 0.899. The molecule has 1 aromatic rings. The van der Waals surface area contributed by atoms with Crippen LogP contribution in [0.25, 0.3) is 0 Å². The third-order valence-electron chi connectivity index (χ3n) is 1.57. The van der Waals surface area contributed by atoms with Crippen LogP contribution in [-0.2, 0) is 0 Å². The van der Waals surface area contributed by atoms with Crippen molar-refractivity contribution in [3.8, 4) is 5.75 Å². The number of para-hydroxylation sites is 1. The van der Waals surface area contributed by atoms with Crippen molar-refractivity contribution in [2.75, 3.05) is 20.2 Å². The smallest absolute Gasteiger partial charge is 0.156 e. The second kappa shape index (κ2) is 7.18. The van der Waals surface area contributed by atoms with E-state index in [9.17, 15) is 0 Å². The highest BCUT2D eigenvalue weighted by Crippen LogP contribution is 2.31. The quantitative estimate of drug-likeness (QED) is 0.657. The van der Waals surface area contributed by atoms with E-state index in [4.69, 9.17) is 27.9 Å². The summed E-state index contributed by atoms with van der Waals surface area (Å²) in [5.41, 5.74) is 0. The molecule has 14 heavy (non-hydrogen) atoms. The van der Waals surface area contributed by atoms with Crippen LogP contribution in [0.15, 0.2) is 18.2 Å². The van der Waals surface area contributed by atoms with Gasteiger partial charge < -0.3 is 22.5 Å². The Balaban J connectivity index is 0.00000169. The average molecular weight is 257 g/mol. The van der Waals surface area contributed by atoms with Crippen LogP contribution in [0.1, 0.15) is 0 Å². The molecule has 0 spiro atoms.